The van der Waals surface area contributed by atoms with Crippen molar-refractivity contribution in [2.75, 3.05) is 6.61 Å². The molecule has 0 saturated carbocycles. The predicted molar refractivity (Wildman–Crippen MR) is 75.7 cm³/mol. The molecule has 2 aromatic rings. The van der Waals surface area contributed by atoms with Gasteiger partial charge in [0.05, 0.1) is 13.0 Å². The number of carbonyl (C=O) groups is 2. The van der Waals surface area contributed by atoms with Crippen LogP contribution < -0.4 is 4.74 Å². The number of carbonyl (C=O) groups excluding carboxylic acids is 2. The van der Waals surface area contributed by atoms with Crippen molar-refractivity contribution in [2.45, 2.75) is 19.4 Å². The Morgan fingerprint density at radius 3 is 2.65 bits per heavy atom. The highest BCUT2D eigenvalue weighted by Gasteiger charge is 2.15. The Balaban J connectivity index is 2.09. The minimum Gasteiger partial charge on any atom is -0.482 e. The van der Waals surface area contributed by atoms with E-state index in [4.69, 9.17) is 9.47 Å². The smallest absolute Gasteiger partial charge is 0.310 e. The average Bonchev–Trinajstić information content (AvgIpc) is 2.46. The fourth-order valence-corrected chi connectivity index (χ4v) is 1.92. The van der Waals surface area contributed by atoms with Crippen LogP contribution in [0.4, 0.5) is 0 Å². The lowest BCUT2D eigenvalue weighted by Crippen LogP contribution is -2.23. The van der Waals surface area contributed by atoms with Crippen LogP contribution in [0.15, 0.2) is 42.5 Å². The second-order valence-corrected chi connectivity index (χ2v) is 4.31. The topological polar surface area (TPSA) is 52.6 Å². The zero-order valence-corrected chi connectivity index (χ0v) is 11.2. The summed E-state index contributed by atoms with van der Waals surface area (Å²) in [6.07, 6.45) is -0.286. The van der Waals surface area contributed by atoms with Gasteiger partial charge in [-0.1, -0.05) is 30.3 Å². The molecule has 1 atom stereocenters. The molecule has 0 fully saturated rings. The van der Waals surface area contributed by atoms with Crippen molar-refractivity contribution < 1.29 is 19.1 Å². The maximum atomic E-state index is 11.4. The molecule has 2 rings (SSSR count). The van der Waals surface area contributed by atoms with Crippen LogP contribution in [0.5, 0.6) is 5.75 Å². The molecule has 0 radical (unpaired) electrons. The van der Waals surface area contributed by atoms with Gasteiger partial charge in [0.25, 0.3) is 0 Å². The first kappa shape index (κ1) is 14.1. The molecule has 0 heterocycles. The Morgan fingerprint density at radius 1 is 1.20 bits per heavy atom. The number of fused-ring (bicyclic) bond motifs is 1. The molecule has 4 heteroatoms. The Bertz CT molecular complexity index is 606. The standard InChI is InChI=1S/C16H16O4/c1-2-19-16(18)10-15(11-17)20-14-8-7-12-5-3-4-6-13(12)9-14/h3-9,11,15H,2,10H2,1H3. The van der Waals surface area contributed by atoms with Crippen LogP contribution >= 0.6 is 0 Å². The lowest BCUT2D eigenvalue weighted by atomic mass is 10.1. The summed E-state index contributed by atoms with van der Waals surface area (Å²) < 4.78 is 10.3. The number of hydrogen-bond donors (Lipinski definition) is 0. The maximum absolute atomic E-state index is 11.4. The number of aldehydes is 1. The van der Waals surface area contributed by atoms with Gasteiger partial charge in [0.2, 0.25) is 0 Å². The van der Waals surface area contributed by atoms with Crippen molar-refractivity contribution in [2.24, 2.45) is 0 Å². The number of benzene rings is 2. The van der Waals surface area contributed by atoms with Gasteiger partial charge in [-0.2, -0.15) is 0 Å². The summed E-state index contributed by atoms with van der Waals surface area (Å²) in [5.74, 6) is 0.121. The highest BCUT2D eigenvalue weighted by atomic mass is 16.5. The van der Waals surface area contributed by atoms with Gasteiger partial charge in [-0.05, 0) is 29.8 Å². The Morgan fingerprint density at radius 2 is 1.95 bits per heavy atom. The summed E-state index contributed by atoms with van der Waals surface area (Å²) in [4.78, 5) is 22.3. The van der Waals surface area contributed by atoms with Crippen LogP contribution in [0.25, 0.3) is 10.8 Å². The van der Waals surface area contributed by atoms with E-state index < -0.39 is 12.1 Å². The van der Waals surface area contributed by atoms with E-state index >= 15 is 0 Å². The minimum atomic E-state index is -0.824. The summed E-state index contributed by atoms with van der Waals surface area (Å²) in [5.41, 5.74) is 0. The van der Waals surface area contributed by atoms with Crippen molar-refractivity contribution in [3.63, 3.8) is 0 Å². The van der Waals surface area contributed by atoms with Crippen LogP contribution in [-0.2, 0) is 14.3 Å². The van der Waals surface area contributed by atoms with Crippen molar-refractivity contribution in [3.05, 3.63) is 42.5 Å². The molecule has 0 aliphatic rings. The van der Waals surface area contributed by atoms with E-state index in [0.29, 0.717) is 18.6 Å². The van der Waals surface area contributed by atoms with Crippen molar-refractivity contribution in [1.82, 2.24) is 0 Å². The molecule has 0 aliphatic heterocycles. The van der Waals surface area contributed by atoms with E-state index in [2.05, 4.69) is 0 Å². The molecule has 4 nitrogen and oxygen atoms in total. The molecular formula is C16H16O4. The molecule has 0 N–H and O–H groups in total. The zero-order chi connectivity index (χ0) is 14.4. The van der Waals surface area contributed by atoms with Gasteiger partial charge in [0, 0.05) is 0 Å². The number of esters is 1. The molecule has 0 aromatic heterocycles. The Kier molecular flexibility index (Phi) is 4.71. The zero-order valence-electron chi connectivity index (χ0n) is 11.2. The van der Waals surface area contributed by atoms with Crippen LogP contribution in [-0.4, -0.2) is 25.0 Å². The van der Waals surface area contributed by atoms with E-state index in [1.54, 1.807) is 13.0 Å². The van der Waals surface area contributed by atoms with E-state index in [1.165, 1.54) is 0 Å². The molecule has 0 amide bonds. The molecule has 20 heavy (non-hydrogen) atoms. The van der Waals surface area contributed by atoms with Gasteiger partial charge in [-0.3, -0.25) is 9.59 Å². The van der Waals surface area contributed by atoms with Crippen LogP contribution in [0.2, 0.25) is 0 Å². The third-order valence-electron chi connectivity index (χ3n) is 2.83. The molecule has 104 valence electrons. The first-order valence-electron chi connectivity index (χ1n) is 6.49. The second kappa shape index (κ2) is 6.70. The summed E-state index contributed by atoms with van der Waals surface area (Å²) in [6.45, 7) is 2.01. The van der Waals surface area contributed by atoms with Gasteiger partial charge < -0.3 is 9.47 Å². The third kappa shape index (κ3) is 3.57. The Hall–Kier alpha value is -2.36. The van der Waals surface area contributed by atoms with Crippen LogP contribution in [0.1, 0.15) is 13.3 Å². The molecule has 2 aromatic carbocycles. The molecule has 1 unspecified atom stereocenters. The first-order chi connectivity index (χ1) is 9.72. The van der Waals surface area contributed by atoms with Crippen molar-refractivity contribution >= 4 is 23.0 Å². The summed E-state index contributed by atoms with van der Waals surface area (Å²) in [6, 6.07) is 13.4. The van der Waals surface area contributed by atoms with Crippen LogP contribution in [0, 0.1) is 0 Å². The summed E-state index contributed by atoms with van der Waals surface area (Å²) >= 11 is 0. The molecular weight excluding hydrogens is 256 g/mol. The summed E-state index contributed by atoms with van der Waals surface area (Å²) in [7, 11) is 0. The highest BCUT2D eigenvalue weighted by Crippen LogP contribution is 2.21. The van der Waals surface area contributed by atoms with E-state index in [-0.39, 0.29) is 6.42 Å². The Labute approximate surface area is 117 Å². The minimum absolute atomic E-state index is 0.0792. The van der Waals surface area contributed by atoms with Crippen molar-refractivity contribution in [3.8, 4) is 5.75 Å². The van der Waals surface area contributed by atoms with Gasteiger partial charge >= 0.3 is 5.97 Å². The van der Waals surface area contributed by atoms with E-state index in [1.807, 2.05) is 36.4 Å². The van der Waals surface area contributed by atoms with Gasteiger partial charge in [0.15, 0.2) is 12.4 Å². The number of rotatable bonds is 6. The fraction of sp³-hybridized carbons (Fsp3) is 0.250. The highest BCUT2D eigenvalue weighted by molar-refractivity contribution is 5.83. The monoisotopic (exact) mass is 272 g/mol. The first-order valence-corrected chi connectivity index (χ1v) is 6.49. The molecule has 0 bridgehead atoms. The largest absolute Gasteiger partial charge is 0.482 e. The van der Waals surface area contributed by atoms with Crippen LogP contribution in [0.3, 0.4) is 0 Å². The molecule has 0 saturated heterocycles. The summed E-state index contributed by atoms with van der Waals surface area (Å²) in [5, 5.41) is 2.11. The second-order valence-electron chi connectivity index (χ2n) is 4.31. The van der Waals surface area contributed by atoms with Gasteiger partial charge in [0.1, 0.15) is 5.75 Å². The molecule has 0 aliphatic carbocycles. The van der Waals surface area contributed by atoms with E-state index in [9.17, 15) is 9.59 Å². The fourth-order valence-electron chi connectivity index (χ4n) is 1.92. The molecule has 0 spiro atoms. The number of ether oxygens (including phenoxy) is 2. The average molecular weight is 272 g/mol. The van der Waals surface area contributed by atoms with E-state index in [0.717, 1.165) is 10.8 Å². The van der Waals surface area contributed by atoms with Gasteiger partial charge in [-0.15, -0.1) is 0 Å². The lowest BCUT2D eigenvalue weighted by Gasteiger charge is -2.13. The predicted octanol–water partition coefficient (Wildman–Crippen LogP) is 2.74. The van der Waals surface area contributed by atoms with Crippen molar-refractivity contribution in [1.29, 1.82) is 0 Å². The normalized spacial score (nSPS) is 11.8. The maximum Gasteiger partial charge on any atom is 0.310 e. The quantitative estimate of drug-likeness (QED) is 0.599. The SMILES string of the molecule is CCOC(=O)CC(C=O)Oc1ccc2ccccc2c1. The third-order valence-corrected chi connectivity index (χ3v) is 2.83. The lowest BCUT2D eigenvalue weighted by molar-refractivity contribution is -0.146. The number of hydrogen-bond acceptors (Lipinski definition) is 4. The van der Waals surface area contributed by atoms with Gasteiger partial charge in [-0.25, -0.2) is 0 Å².